The van der Waals surface area contributed by atoms with Crippen LogP contribution in [-0.2, 0) is 14.8 Å². The first-order chi connectivity index (χ1) is 11.3. The Morgan fingerprint density at radius 2 is 2.21 bits per heavy atom. The lowest BCUT2D eigenvalue weighted by molar-refractivity contribution is 0.0696. The lowest BCUT2D eigenvalue weighted by atomic mass is 10.1. The topological polar surface area (TPSA) is 95.9 Å². The molecule has 2 N–H and O–H groups in total. The van der Waals surface area contributed by atoms with Crippen LogP contribution in [0.2, 0.25) is 0 Å². The molecule has 0 aliphatic carbocycles. The molecule has 24 heavy (non-hydrogen) atoms. The van der Waals surface area contributed by atoms with E-state index in [9.17, 15) is 13.2 Å². The molecule has 2 rings (SSSR count). The maximum Gasteiger partial charge on any atom is 0.335 e. The number of benzene rings is 1. The second-order valence-electron chi connectivity index (χ2n) is 6.08. The first-order valence-electron chi connectivity index (χ1n) is 7.88. The molecule has 7 nitrogen and oxygen atoms in total. The summed E-state index contributed by atoms with van der Waals surface area (Å²) in [6.45, 7) is 5.27. The van der Waals surface area contributed by atoms with Crippen molar-refractivity contribution in [3.63, 3.8) is 0 Å². The van der Waals surface area contributed by atoms with E-state index in [1.54, 1.807) is 14.0 Å². The van der Waals surface area contributed by atoms with Crippen molar-refractivity contribution in [1.29, 1.82) is 0 Å². The number of sulfonamides is 1. The highest BCUT2D eigenvalue weighted by atomic mass is 32.2. The molecule has 1 atom stereocenters. The summed E-state index contributed by atoms with van der Waals surface area (Å²) in [7, 11) is -2.05. The zero-order chi connectivity index (χ0) is 17.7. The van der Waals surface area contributed by atoms with E-state index in [-0.39, 0.29) is 16.4 Å². The molecule has 1 unspecified atom stereocenters. The van der Waals surface area contributed by atoms with Crippen LogP contribution in [0.1, 0.15) is 22.3 Å². The molecule has 0 spiro atoms. The fourth-order valence-corrected chi connectivity index (χ4v) is 3.95. The number of hydrogen-bond donors (Lipinski definition) is 2. The highest BCUT2D eigenvalue weighted by Crippen LogP contribution is 2.18. The van der Waals surface area contributed by atoms with Gasteiger partial charge in [0.25, 0.3) is 0 Å². The van der Waals surface area contributed by atoms with Crippen molar-refractivity contribution in [1.82, 2.24) is 9.62 Å². The number of carboxylic acids is 1. The monoisotopic (exact) mass is 356 g/mol. The van der Waals surface area contributed by atoms with E-state index in [4.69, 9.17) is 9.84 Å². The van der Waals surface area contributed by atoms with Gasteiger partial charge in [-0.15, -0.1) is 0 Å². The minimum absolute atomic E-state index is 0.00415. The van der Waals surface area contributed by atoms with Crippen LogP contribution >= 0.6 is 0 Å². The predicted molar refractivity (Wildman–Crippen MR) is 89.7 cm³/mol. The van der Waals surface area contributed by atoms with Crippen molar-refractivity contribution in [2.45, 2.75) is 18.2 Å². The van der Waals surface area contributed by atoms with Gasteiger partial charge < -0.3 is 14.7 Å². The summed E-state index contributed by atoms with van der Waals surface area (Å²) in [6, 6.07) is 4.16. The lowest BCUT2D eigenvalue weighted by Gasteiger charge is -2.16. The van der Waals surface area contributed by atoms with Crippen molar-refractivity contribution in [3.05, 3.63) is 29.3 Å². The number of hydrogen-bond acceptors (Lipinski definition) is 5. The number of aryl methyl sites for hydroxylation is 1. The molecule has 134 valence electrons. The van der Waals surface area contributed by atoms with Gasteiger partial charge in [-0.05, 0) is 43.5 Å². The maximum absolute atomic E-state index is 12.4. The average molecular weight is 356 g/mol. The van der Waals surface area contributed by atoms with Crippen molar-refractivity contribution >= 4 is 16.0 Å². The number of rotatable bonds is 8. The summed E-state index contributed by atoms with van der Waals surface area (Å²) in [4.78, 5) is 13.4. The van der Waals surface area contributed by atoms with Crippen LogP contribution in [-0.4, -0.2) is 64.3 Å². The number of nitrogens with zero attached hydrogens (tertiary/aromatic N) is 1. The first kappa shape index (κ1) is 18.9. The minimum atomic E-state index is -3.71. The zero-order valence-corrected chi connectivity index (χ0v) is 14.8. The summed E-state index contributed by atoms with van der Waals surface area (Å²) < 4.78 is 32.4. The molecule has 8 heteroatoms. The van der Waals surface area contributed by atoms with Crippen LogP contribution in [0.15, 0.2) is 23.1 Å². The Hall–Kier alpha value is -1.48. The van der Waals surface area contributed by atoms with Gasteiger partial charge in [0.15, 0.2) is 0 Å². The van der Waals surface area contributed by atoms with Crippen LogP contribution in [0.3, 0.4) is 0 Å². The van der Waals surface area contributed by atoms with Crippen LogP contribution < -0.4 is 4.72 Å². The molecule has 1 aliphatic heterocycles. The molecular formula is C16H24N2O5S. The van der Waals surface area contributed by atoms with Gasteiger partial charge in [-0.1, -0.05) is 6.07 Å². The molecule has 0 aromatic heterocycles. The van der Waals surface area contributed by atoms with Crippen LogP contribution in [0.5, 0.6) is 0 Å². The van der Waals surface area contributed by atoms with Crippen molar-refractivity contribution in [3.8, 4) is 0 Å². The van der Waals surface area contributed by atoms with Crippen LogP contribution in [0.4, 0.5) is 0 Å². The maximum atomic E-state index is 12.4. The third kappa shape index (κ3) is 4.76. The molecule has 0 saturated carbocycles. The highest BCUT2D eigenvalue weighted by molar-refractivity contribution is 7.89. The van der Waals surface area contributed by atoms with E-state index in [0.29, 0.717) is 18.7 Å². The zero-order valence-electron chi connectivity index (χ0n) is 14.0. The summed E-state index contributed by atoms with van der Waals surface area (Å²) in [5.41, 5.74) is 0.538. The number of aromatic carboxylic acids is 1. The van der Waals surface area contributed by atoms with Gasteiger partial charge in [-0.2, -0.15) is 0 Å². The summed E-state index contributed by atoms with van der Waals surface area (Å²) in [6.07, 6.45) is 0.931. The van der Waals surface area contributed by atoms with Crippen molar-refractivity contribution in [2.24, 2.45) is 5.92 Å². The molecule has 1 aliphatic rings. The van der Waals surface area contributed by atoms with E-state index in [2.05, 4.69) is 9.62 Å². The number of carbonyl (C=O) groups is 1. The van der Waals surface area contributed by atoms with E-state index >= 15 is 0 Å². The van der Waals surface area contributed by atoms with E-state index in [1.807, 2.05) is 0 Å². The number of ether oxygens (including phenoxy) is 1. The Kier molecular flexibility index (Phi) is 6.34. The second-order valence-corrected chi connectivity index (χ2v) is 7.85. The van der Waals surface area contributed by atoms with Crippen molar-refractivity contribution in [2.75, 3.05) is 39.9 Å². The molecule has 0 bridgehead atoms. The number of carboxylic acid groups (broad SMARTS) is 1. The summed E-state index contributed by atoms with van der Waals surface area (Å²) >= 11 is 0. The molecule has 0 amide bonds. The standard InChI is InChI=1S/C16H24N2O5S/c1-12-3-4-14(9-15(12)16(19)20)24(21,22)17-10-13-5-6-18(11-13)7-8-23-2/h3-4,9,13,17H,5-8,10-11H2,1-2H3,(H,19,20). The molecule has 1 saturated heterocycles. The predicted octanol–water partition coefficient (Wildman–Crippen LogP) is 0.940. The third-order valence-corrected chi connectivity index (χ3v) is 5.71. The van der Waals surface area contributed by atoms with Gasteiger partial charge in [-0.3, -0.25) is 0 Å². The van der Waals surface area contributed by atoms with Gasteiger partial charge in [-0.25, -0.2) is 17.9 Å². The van der Waals surface area contributed by atoms with E-state index in [1.165, 1.54) is 18.2 Å². The van der Waals surface area contributed by atoms with Crippen LogP contribution in [0, 0.1) is 12.8 Å². The Morgan fingerprint density at radius 3 is 2.88 bits per heavy atom. The lowest BCUT2D eigenvalue weighted by Crippen LogP contribution is -2.32. The number of methoxy groups -OCH3 is 1. The Morgan fingerprint density at radius 1 is 1.46 bits per heavy atom. The third-order valence-electron chi connectivity index (χ3n) is 4.29. The molecule has 1 aromatic carbocycles. The van der Waals surface area contributed by atoms with Gasteiger partial charge in [0.2, 0.25) is 10.0 Å². The number of likely N-dealkylation sites (tertiary alicyclic amines) is 1. The molecule has 0 radical (unpaired) electrons. The quantitative estimate of drug-likeness (QED) is 0.720. The van der Waals surface area contributed by atoms with Crippen molar-refractivity contribution < 1.29 is 23.1 Å². The Bertz CT molecular complexity index is 690. The van der Waals surface area contributed by atoms with E-state index < -0.39 is 16.0 Å². The second kappa shape index (κ2) is 8.06. The summed E-state index contributed by atoms with van der Waals surface area (Å²) in [5, 5.41) is 9.13. The van der Waals surface area contributed by atoms with E-state index in [0.717, 1.165) is 26.1 Å². The smallest absolute Gasteiger partial charge is 0.335 e. The van der Waals surface area contributed by atoms with Gasteiger partial charge >= 0.3 is 5.97 Å². The minimum Gasteiger partial charge on any atom is -0.478 e. The SMILES string of the molecule is COCCN1CCC(CNS(=O)(=O)c2ccc(C)c(C(=O)O)c2)C1. The first-order valence-corrected chi connectivity index (χ1v) is 9.36. The molecule has 1 heterocycles. The normalized spacial score (nSPS) is 18.8. The van der Waals surface area contributed by atoms with Gasteiger partial charge in [0.1, 0.15) is 0 Å². The number of nitrogens with one attached hydrogen (secondary N) is 1. The largest absolute Gasteiger partial charge is 0.478 e. The highest BCUT2D eigenvalue weighted by Gasteiger charge is 2.24. The Labute approximate surface area is 142 Å². The Balaban J connectivity index is 1.97. The van der Waals surface area contributed by atoms with Crippen LogP contribution in [0.25, 0.3) is 0 Å². The van der Waals surface area contributed by atoms with Gasteiger partial charge in [0, 0.05) is 26.7 Å². The van der Waals surface area contributed by atoms with Gasteiger partial charge in [0.05, 0.1) is 17.1 Å². The molecule has 1 aromatic rings. The average Bonchev–Trinajstić information content (AvgIpc) is 2.99. The fourth-order valence-electron chi connectivity index (χ4n) is 2.81. The molecular weight excluding hydrogens is 332 g/mol. The molecule has 1 fully saturated rings. The fraction of sp³-hybridized carbons (Fsp3) is 0.562. The summed E-state index contributed by atoms with van der Waals surface area (Å²) in [5.74, 6) is -0.879.